The molecule has 0 atom stereocenters. The average molecular weight is 348 g/mol. The summed E-state index contributed by atoms with van der Waals surface area (Å²) in [7, 11) is 1.43. The fraction of sp³-hybridized carbons (Fsp3) is 0.0588. The molecule has 0 aliphatic heterocycles. The van der Waals surface area contributed by atoms with Crippen molar-refractivity contribution in [2.24, 2.45) is 0 Å². The van der Waals surface area contributed by atoms with Crippen LogP contribution in [-0.4, -0.2) is 23.2 Å². The van der Waals surface area contributed by atoms with Crippen molar-refractivity contribution in [2.45, 2.75) is 0 Å². The minimum atomic E-state index is -1.08. The zero-order chi connectivity index (χ0) is 16.6. The van der Waals surface area contributed by atoms with E-state index in [2.05, 4.69) is 4.98 Å². The van der Waals surface area contributed by atoms with Crippen LogP contribution in [0.1, 0.15) is 10.4 Å². The number of aromatic nitrogens is 1. The fourth-order valence-electron chi connectivity index (χ4n) is 2.34. The van der Waals surface area contributed by atoms with E-state index in [4.69, 9.17) is 27.9 Å². The summed E-state index contributed by atoms with van der Waals surface area (Å²) in [5, 5.41) is 11.2. The number of halogens is 2. The molecule has 0 spiro atoms. The summed E-state index contributed by atoms with van der Waals surface area (Å²) in [4.78, 5) is 16.0. The van der Waals surface area contributed by atoms with Crippen LogP contribution in [0.15, 0.2) is 42.5 Å². The maximum atomic E-state index is 11.5. The largest absolute Gasteiger partial charge is 0.495 e. The van der Waals surface area contributed by atoms with Gasteiger partial charge in [-0.1, -0.05) is 35.3 Å². The summed E-state index contributed by atoms with van der Waals surface area (Å²) < 4.78 is 5.08. The number of benzene rings is 2. The zero-order valence-corrected chi connectivity index (χ0v) is 13.5. The third-order valence-corrected chi connectivity index (χ3v) is 3.98. The Morgan fingerprint density at radius 3 is 2.57 bits per heavy atom. The van der Waals surface area contributed by atoms with Gasteiger partial charge in [0.05, 0.1) is 28.9 Å². The molecule has 0 aliphatic carbocycles. The fourth-order valence-corrected chi connectivity index (χ4v) is 2.75. The van der Waals surface area contributed by atoms with Crippen molar-refractivity contribution < 1.29 is 14.6 Å². The van der Waals surface area contributed by atoms with Gasteiger partial charge in [-0.15, -0.1) is 0 Å². The Morgan fingerprint density at radius 1 is 1.13 bits per heavy atom. The van der Waals surface area contributed by atoms with Gasteiger partial charge in [0, 0.05) is 16.0 Å². The molecular weight excluding hydrogens is 337 g/mol. The number of carboxylic acids is 1. The zero-order valence-electron chi connectivity index (χ0n) is 12.0. The van der Waals surface area contributed by atoms with Gasteiger partial charge >= 0.3 is 5.97 Å². The Morgan fingerprint density at radius 2 is 1.87 bits per heavy atom. The van der Waals surface area contributed by atoms with E-state index < -0.39 is 5.97 Å². The molecule has 0 radical (unpaired) electrons. The van der Waals surface area contributed by atoms with Crippen LogP contribution in [0.5, 0.6) is 5.75 Å². The molecule has 0 unspecified atom stereocenters. The van der Waals surface area contributed by atoms with Crippen LogP contribution < -0.4 is 4.74 Å². The number of fused-ring (bicyclic) bond motifs is 1. The highest BCUT2D eigenvalue weighted by Crippen LogP contribution is 2.34. The molecule has 2 aromatic carbocycles. The predicted molar refractivity (Wildman–Crippen MR) is 90.7 cm³/mol. The number of carbonyl (C=O) groups is 1. The first kappa shape index (κ1) is 15.6. The predicted octanol–water partition coefficient (Wildman–Crippen LogP) is 4.92. The molecule has 1 heterocycles. The Balaban J connectivity index is 2.25. The van der Waals surface area contributed by atoms with Gasteiger partial charge in [-0.25, -0.2) is 9.78 Å². The molecule has 1 aromatic heterocycles. The topological polar surface area (TPSA) is 59.4 Å². The van der Waals surface area contributed by atoms with Crippen LogP contribution in [0.2, 0.25) is 10.0 Å². The number of rotatable bonds is 3. The molecule has 3 rings (SSSR count). The smallest absolute Gasteiger partial charge is 0.336 e. The molecule has 0 saturated carbocycles. The van der Waals surface area contributed by atoms with Crippen molar-refractivity contribution in [3.63, 3.8) is 0 Å². The highest BCUT2D eigenvalue weighted by Gasteiger charge is 2.17. The Hall–Kier alpha value is -2.30. The first-order valence-electron chi connectivity index (χ1n) is 6.67. The number of carboxylic acid groups (broad SMARTS) is 1. The third-order valence-electron chi connectivity index (χ3n) is 3.45. The van der Waals surface area contributed by atoms with Crippen molar-refractivity contribution in [1.82, 2.24) is 4.98 Å². The van der Waals surface area contributed by atoms with Gasteiger partial charge in [-0.05, 0) is 30.3 Å². The lowest BCUT2D eigenvalue weighted by Gasteiger charge is -2.11. The van der Waals surface area contributed by atoms with Gasteiger partial charge < -0.3 is 9.84 Å². The molecule has 0 fully saturated rings. The van der Waals surface area contributed by atoms with Crippen LogP contribution >= 0.6 is 23.2 Å². The number of ether oxygens (including phenoxy) is 1. The molecular formula is C17H11Cl2NO3. The number of aromatic carboxylic acids is 1. The van der Waals surface area contributed by atoms with E-state index in [1.54, 1.807) is 24.3 Å². The summed E-state index contributed by atoms with van der Waals surface area (Å²) in [5.74, 6) is -0.778. The summed E-state index contributed by atoms with van der Waals surface area (Å²) in [6.07, 6.45) is 0. The van der Waals surface area contributed by atoms with Crippen LogP contribution in [0, 0.1) is 0 Å². The van der Waals surface area contributed by atoms with E-state index in [0.717, 1.165) is 5.39 Å². The lowest BCUT2D eigenvalue weighted by molar-refractivity contribution is 0.0697. The standard InChI is InChI=1S/C17H11Cl2NO3/c1-23-16-8-12(17(21)22)11(7-13(16)19)14-5-3-9-2-4-10(18)6-15(9)20-14/h2-8H,1H3,(H,21,22). The van der Waals surface area contributed by atoms with E-state index >= 15 is 0 Å². The van der Waals surface area contributed by atoms with Gasteiger partial charge in [-0.2, -0.15) is 0 Å². The summed E-state index contributed by atoms with van der Waals surface area (Å²) >= 11 is 12.1. The normalized spacial score (nSPS) is 10.7. The molecule has 0 aliphatic rings. The maximum absolute atomic E-state index is 11.5. The van der Waals surface area contributed by atoms with Gasteiger partial charge in [0.25, 0.3) is 0 Å². The molecule has 0 saturated heterocycles. The Kier molecular flexibility index (Phi) is 4.11. The molecule has 1 N–H and O–H groups in total. The molecule has 23 heavy (non-hydrogen) atoms. The highest BCUT2D eigenvalue weighted by atomic mass is 35.5. The molecule has 6 heteroatoms. The van der Waals surface area contributed by atoms with E-state index in [1.807, 2.05) is 12.1 Å². The van der Waals surface area contributed by atoms with Gasteiger partial charge in [-0.3, -0.25) is 0 Å². The second kappa shape index (κ2) is 6.07. The first-order valence-corrected chi connectivity index (χ1v) is 7.42. The lowest BCUT2D eigenvalue weighted by Crippen LogP contribution is -2.02. The van der Waals surface area contributed by atoms with Crippen molar-refractivity contribution in [3.8, 4) is 17.0 Å². The molecule has 116 valence electrons. The van der Waals surface area contributed by atoms with E-state index in [9.17, 15) is 9.90 Å². The van der Waals surface area contributed by atoms with Gasteiger partial charge in [0.2, 0.25) is 0 Å². The van der Waals surface area contributed by atoms with Crippen LogP contribution in [0.25, 0.3) is 22.2 Å². The lowest BCUT2D eigenvalue weighted by atomic mass is 10.0. The number of nitrogens with zero attached hydrogens (tertiary/aromatic N) is 1. The van der Waals surface area contributed by atoms with E-state index in [-0.39, 0.29) is 5.56 Å². The number of hydrogen-bond donors (Lipinski definition) is 1. The highest BCUT2D eigenvalue weighted by molar-refractivity contribution is 6.32. The number of hydrogen-bond acceptors (Lipinski definition) is 3. The number of pyridine rings is 1. The average Bonchev–Trinajstić information content (AvgIpc) is 2.53. The first-order chi connectivity index (χ1) is 11.0. The van der Waals surface area contributed by atoms with Crippen molar-refractivity contribution >= 4 is 40.1 Å². The summed E-state index contributed by atoms with van der Waals surface area (Å²) in [6.45, 7) is 0. The number of methoxy groups -OCH3 is 1. The Bertz CT molecular complexity index is 925. The van der Waals surface area contributed by atoms with Gasteiger partial charge in [0.1, 0.15) is 5.75 Å². The molecule has 4 nitrogen and oxygen atoms in total. The summed E-state index contributed by atoms with van der Waals surface area (Å²) in [5.41, 5.74) is 1.67. The molecule has 0 amide bonds. The van der Waals surface area contributed by atoms with E-state index in [0.29, 0.717) is 32.6 Å². The van der Waals surface area contributed by atoms with Crippen LogP contribution in [0.3, 0.4) is 0 Å². The minimum Gasteiger partial charge on any atom is -0.495 e. The van der Waals surface area contributed by atoms with Crippen molar-refractivity contribution in [3.05, 3.63) is 58.1 Å². The summed E-state index contributed by atoms with van der Waals surface area (Å²) in [6, 6.07) is 11.9. The van der Waals surface area contributed by atoms with Gasteiger partial charge in [0.15, 0.2) is 0 Å². The second-order valence-corrected chi connectivity index (χ2v) is 5.71. The molecule has 3 aromatic rings. The SMILES string of the molecule is COc1cc(C(=O)O)c(-c2ccc3ccc(Cl)cc3n2)cc1Cl. The maximum Gasteiger partial charge on any atom is 0.336 e. The van der Waals surface area contributed by atoms with Crippen molar-refractivity contribution in [1.29, 1.82) is 0 Å². The quantitative estimate of drug-likeness (QED) is 0.730. The van der Waals surface area contributed by atoms with Crippen molar-refractivity contribution in [2.75, 3.05) is 7.11 Å². The minimum absolute atomic E-state index is 0.0696. The van der Waals surface area contributed by atoms with Crippen LogP contribution in [0.4, 0.5) is 0 Å². The molecule has 0 bridgehead atoms. The second-order valence-electron chi connectivity index (χ2n) is 4.87. The van der Waals surface area contributed by atoms with Crippen LogP contribution in [-0.2, 0) is 0 Å². The third kappa shape index (κ3) is 2.96. The Labute approximate surface area is 142 Å². The van der Waals surface area contributed by atoms with E-state index in [1.165, 1.54) is 13.2 Å². The monoisotopic (exact) mass is 347 g/mol.